The lowest BCUT2D eigenvalue weighted by atomic mass is 9.60. The first kappa shape index (κ1) is 9.22. The zero-order valence-electron chi connectivity index (χ0n) is 9.07. The van der Waals surface area contributed by atoms with Gasteiger partial charge in [-0.05, 0) is 54.4 Å². The van der Waals surface area contributed by atoms with Crippen LogP contribution in [0.15, 0.2) is 18.2 Å². The summed E-state index contributed by atoms with van der Waals surface area (Å²) in [5.41, 5.74) is 9.02. The first-order chi connectivity index (χ1) is 7.29. The van der Waals surface area contributed by atoms with Crippen LogP contribution in [0.1, 0.15) is 29.9 Å². The number of methoxy groups -OCH3 is 1. The second-order valence-corrected chi connectivity index (χ2v) is 4.77. The van der Waals surface area contributed by atoms with Crippen LogP contribution in [0, 0.1) is 5.92 Å². The lowest BCUT2D eigenvalue weighted by Gasteiger charge is -2.47. The third-order valence-corrected chi connectivity index (χ3v) is 4.09. The Bertz CT molecular complexity index is 388. The Hall–Kier alpha value is -1.02. The van der Waals surface area contributed by atoms with Gasteiger partial charge in [-0.25, -0.2) is 0 Å². The number of hydrogen-bond acceptors (Lipinski definition) is 2. The van der Waals surface area contributed by atoms with Crippen LogP contribution in [-0.2, 0) is 6.42 Å². The molecule has 3 atom stereocenters. The minimum absolute atomic E-state index is 0.449. The number of aryl methyl sites for hydroxylation is 1. The van der Waals surface area contributed by atoms with Crippen LogP contribution in [0.3, 0.4) is 0 Å². The van der Waals surface area contributed by atoms with E-state index in [1.807, 2.05) is 0 Å². The number of ether oxygens (including phenoxy) is 1. The molecule has 0 aliphatic heterocycles. The molecule has 3 unspecified atom stereocenters. The van der Waals surface area contributed by atoms with E-state index in [1.54, 1.807) is 7.11 Å². The molecular weight excluding hydrogens is 186 g/mol. The van der Waals surface area contributed by atoms with E-state index >= 15 is 0 Å². The number of fused-ring (bicyclic) bond motifs is 3. The van der Waals surface area contributed by atoms with Gasteiger partial charge in [0.05, 0.1) is 7.11 Å². The van der Waals surface area contributed by atoms with E-state index in [0.29, 0.717) is 6.04 Å². The number of rotatable bonds is 1. The molecule has 1 aromatic carbocycles. The summed E-state index contributed by atoms with van der Waals surface area (Å²) in [5, 5.41) is 0. The van der Waals surface area contributed by atoms with Crippen molar-refractivity contribution in [3.05, 3.63) is 29.3 Å². The summed E-state index contributed by atoms with van der Waals surface area (Å²) in [5.74, 6) is 2.45. The van der Waals surface area contributed by atoms with Crippen molar-refractivity contribution < 1.29 is 4.74 Å². The highest BCUT2D eigenvalue weighted by Gasteiger charge is 2.42. The predicted octanol–water partition coefficient (Wildman–Crippen LogP) is 2.07. The molecule has 0 heterocycles. The fraction of sp³-hybridized carbons (Fsp3) is 0.538. The van der Waals surface area contributed by atoms with Crippen molar-refractivity contribution in [2.24, 2.45) is 11.7 Å². The molecule has 2 aliphatic carbocycles. The average Bonchev–Trinajstić information content (AvgIpc) is 2.26. The molecular formula is C13H17NO. The molecule has 2 aliphatic rings. The summed E-state index contributed by atoms with van der Waals surface area (Å²) in [6, 6.07) is 6.95. The minimum atomic E-state index is 0.449. The van der Waals surface area contributed by atoms with Crippen molar-refractivity contribution in [3.63, 3.8) is 0 Å². The van der Waals surface area contributed by atoms with Crippen molar-refractivity contribution in [2.75, 3.05) is 7.11 Å². The highest BCUT2D eigenvalue weighted by molar-refractivity contribution is 5.41. The lowest BCUT2D eigenvalue weighted by Crippen LogP contribution is -2.47. The third-order valence-electron chi connectivity index (χ3n) is 4.09. The van der Waals surface area contributed by atoms with Crippen molar-refractivity contribution in [1.29, 1.82) is 0 Å². The van der Waals surface area contributed by atoms with Gasteiger partial charge in [0.15, 0.2) is 0 Å². The van der Waals surface area contributed by atoms with Crippen LogP contribution < -0.4 is 10.5 Å². The Labute approximate surface area is 90.4 Å². The molecule has 0 amide bonds. The maximum Gasteiger partial charge on any atom is 0.119 e. The van der Waals surface area contributed by atoms with Gasteiger partial charge in [0.2, 0.25) is 0 Å². The fourth-order valence-corrected chi connectivity index (χ4v) is 3.13. The molecule has 0 saturated heterocycles. The van der Waals surface area contributed by atoms with Gasteiger partial charge in [0, 0.05) is 6.04 Å². The van der Waals surface area contributed by atoms with E-state index in [9.17, 15) is 0 Å². The molecule has 1 aromatic rings. The third kappa shape index (κ3) is 1.28. The summed E-state index contributed by atoms with van der Waals surface area (Å²) in [6.07, 6.45) is 3.59. The molecule has 80 valence electrons. The Morgan fingerprint density at radius 1 is 1.40 bits per heavy atom. The SMILES string of the molecule is COc1ccc2c(c1)CCC1C(N)CC21. The van der Waals surface area contributed by atoms with E-state index in [1.165, 1.54) is 30.4 Å². The Morgan fingerprint density at radius 2 is 2.27 bits per heavy atom. The quantitative estimate of drug-likeness (QED) is 0.758. The Balaban J connectivity index is 1.96. The lowest BCUT2D eigenvalue weighted by molar-refractivity contribution is 0.179. The summed E-state index contributed by atoms with van der Waals surface area (Å²) >= 11 is 0. The Morgan fingerprint density at radius 3 is 3.00 bits per heavy atom. The van der Waals surface area contributed by atoms with Crippen molar-refractivity contribution in [2.45, 2.75) is 31.2 Å². The van der Waals surface area contributed by atoms with Gasteiger partial charge in [-0.3, -0.25) is 0 Å². The molecule has 3 rings (SSSR count). The van der Waals surface area contributed by atoms with Crippen molar-refractivity contribution >= 4 is 0 Å². The molecule has 0 bridgehead atoms. The molecule has 1 saturated carbocycles. The highest BCUT2D eigenvalue weighted by Crippen LogP contribution is 2.49. The maximum atomic E-state index is 6.02. The van der Waals surface area contributed by atoms with Crippen LogP contribution in [0.2, 0.25) is 0 Å². The van der Waals surface area contributed by atoms with Crippen LogP contribution in [0.4, 0.5) is 0 Å². The second-order valence-electron chi connectivity index (χ2n) is 4.77. The number of benzene rings is 1. The summed E-state index contributed by atoms with van der Waals surface area (Å²) in [4.78, 5) is 0. The largest absolute Gasteiger partial charge is 0.497 e. The first-order valence-corrected chi connectivity index (χ1v) is 5.72. The van der Waals surface area contributed by atoms with E-state index in [0.717, 1.165) is 17.6 Å². The van der Waals surface area contributed by atoms with E-state index < -0.39 is 0 Å². The molecule has 15 heavy (non-hydrogen) atoms. The monoisotopic (exact) mass is 203 g/mol. The molecule has 0 radical (unpaired) electrons. The van der Waals surface area contributed by atoms with Crippen LogP contribution >= 0.6 is 0 Å². The normalized spacial score (nSPS) is 32.5. The van der Waals surface area contributed by atoms with Crippen molar-refractivity contribution in [1.82, 2.24) is 0 Å². The van der Waals surface area contributed by atoms with Gasteiger partial charge in [0.25, 0.3) is 0 Å². The van der Waals surface area contributed by atoms with Gasteiger partial charge >= 0.3 is 0 Å². The highest BCUT2D eigenvalue weighted by atomic mass is 16.5. The van der Waals surface area contributed by atoms with Crippen LogP contribution in [0.5, 0.6) is 5.75 Å². The van der Waals surface area contributed by atoms with Crippen LogP contribution in [-0.4, -0.2) is 13.2 Å². The second kappa shape index (κ2) is 3.24. The first-order valence-electron chi connectivity index (χ1n) is 5.72. The molecule has 1 fully saturated rings. The number of nitrogens with two attached hydrogens (primary N) is 1. The maximum absolute atomic E-state index is 6.02. The molecule has 0 aromatic heterocycles. The van der Waals surface area contributed by atoms with Gasteiger partial charge in [0.1, 0.15) is 5.75 Å². The minimum Gasteiger partial charge on any atom is -0.497 e. The Kier molecular flexibility index (Phi) is 1.99. The molecule has 0 spiro atoms. The van der Waals surface area contributed by atoms with Gasteiger partial charge < -0.3 is 10.5 Å². The summed E-state index contributed by atoms with van der Waals surface area (Å²) < 4.78 is 5.26. The van der Waals surface area contributed by atoms with Crippen molar-refractivity contribution in [3.8, 4) is 5.75 Å². The average molecular weight is 203 g/mol. The number of hydrogen-bond donors (Lipinski definition) is 1. The fourth-order valence-electron chi connectivity index (χ4n) is 3.13. The van der Waals surface area contributed by atoms with Gasteiger partial charge in [-0.2, -0.15) is 0 Å². The summed E-state index contributed by atoms with van der Waals surface area (Å²) in [6.45, 7) is 0. The topological polar surface area (TPSA) is 35.2 Å². The molecule has 2 N–H and O–H groups in total. The van der Waals surface area contributed by atoms with Crippen LogP contribution in [0.25, 0.3) is 0 Å². The smallest absolute Gasteiger partial charge is 0.119 e. The van der Waals surface area contributed by atoms with E-state index in [-0.39, 0.29) is 0 Å². The molecule has 2 heteroatoms. The zero-order chi connectivity index (χ0) is 10.4. The zero-order valence-corrected chi connectivity index (χ0v) is 9.07. The predicted molar refractivity (Wildman–Crippen MR) is 60.1 cm³/mol. The van der Waals surface area contributed by atoms with E-state index in [4.69, 9.17) is 10.5 Å². The van der Waals surface area contributed by atoms with E-state index in [2.05, 4.69) is 18.2 Å². The van der Waals surface area contributed by atoms with Gasteiger partial charge in [-0.1, -0.05) is 6.07 Å². The standard InChI is InChI=1S/C13H17NO/c1-15-9-3-5-10-8(6-9)2-4-11-12(10)7-13(11)14/h3,5-6,11-13H,2,4,7,14H2,1H3. The summed E-state index contributed by atoms with van der Waals surface area (Å²) in [7, 11) is 1.73. The van der Waals surface area contributed by atoms with Gasteiger partial charge in [-0.15, -0.1) is 0 Å². The molecule has 2 nitrogen and oxygen atoms in total.